The first-order valence-corrected chi connectivity index (χ1v) is 9.73. The van der Waals surface area contributed by atoms with Gasteiger partial charge in [-0.3, -0.25) is 9.97 Å². The Morgan fingerprint density at radius 3 is 2.40 bits per heavy atom. The second-order valence-corrected chi connectivity index (χ2v) is 7.30. The lowest BCUT2D eigenvalue weighted by Gasteiger charge is -2.22. The molecule has 0 fully saturated rings. The molecular formula is C24H22N4O2. The van der Waals surface area contributed by atoms with Crippen LogP contribution in [0.3, 0.4) is 0 Å². The van der Waals surface area contributed by atoms with E-state index in [1.165, 1.54) is 0 Å². The number of nitrogens with zero attached hydrogens (tertiary/aromatic N) is 4. The smallest absolute Gasteiger partial charge is 0.124 e. The van der Waals surface area contributed by atoms with Crippen molar-refractivity contribution < 1.29 is 9.47 Å². The Morgan fingerprint density at radius 2 is 1.70 bits per heavy atom. The number of ether oxygens (including phenoxy) is 2. The average Bonchev–Trinajstić information content (AvgIpc) is 3.16. The number of hydrogen-bond donors (Lipinski definition) is 0. The minimum atomic E-state index is 0.712. The molecule has 4 aromatic rings. The number of pyridine rings is 2. The molecule has 0 bridgehead atoms. The standard InChI is InChI=1S/C24H22N4O2/c1-27-15-28(18-10-19(29-2)12-20(11-18)30-3)24-21-9-16(17-5-4-8-25-13-17)6-7-22(21)26-14-23(24)27/h4-14H,15H2,1-3H3. The maximum atomic E-state index is 5.50. The summed E-state index contributed by atoms with van der Waals surface area (Å²) in [5, 5.41) is 1.10. The van der Waals surface area contributed by atoms with Crippen molar-refractivity contribution in [3.8, 4) is 22.6 Å². The molecule has 150 valence electrons. The van der Waals surface area contributed by atoms with Crippen LogP contribution in [-0.2, 0) is 0 Å². The predicted octanol–water partition coefficient (Wildman–Crippen LogP) is 4.86. The summed E-state index contributed by atoms with van der Waals surface area (Å²) in [7, 11) is 5.42. The molecule has 0 spiro atoms. The monoisotopic (exact) mass is 398 g/mol. The summed E-state index contributed by atoms with van der Waals surface area (Å²) in [6.45, 7) is 0.712. The van der Waals surface area contributed by atoms with E-state index in [0.29, 0.717) is 6.67 Å². The van der Waals surface area contributed by atoms with Gasteiger partial charge < -0.3 is 19.3 Å². The second-order valence-electron chi connectivity index (χ2n) is 7.30. The molecule has 0 unspecified atom stereocenters. The highest BCUT2D eigenvalue weighted by Crippen LogP contribution is 2.46. The van der Waals surface area contributed by atoms with E-state index in [2.05, 4.69) is 46.1 Å². The summed E-state index contributed by atoms with van der Waals surface area (Å²) < 4.78 is 11.0. The molecule has 0 amide bonds. The lowest BCUT2D eigenvalue weighted by Crippen LogP contribution is -2.24. The van der Waals surface area contributed by atoms with Crippen molar-refractivity contribution in [1.82, 2.24) is 9.97 Å². The summed E-state index contributed by atoms with van der Waals surface area (Å²) in [6, 6.07) is 16.3. The molecule has 0 radical (unpaired) electrons. The zero-order chi connectivity index (χ0) is 20.7. The number of methoxy groups -OCH3 is 2. The fourth-order valence-electron chi connectivity index (χ4n) is 3.96. The molecular weight excluding hydrogens is 376 g/mol. The van der Waals surface area contributed by atoms with E-state index >= 15 is 0 Å². The number of anilines is 3. The fourth-order valence-corrected chi connectivity index (χ4v) is 3.96. The largest absolute Gasteiger partial charge is 0.497 e. The third-order valence-corrected chi connectivity index (χ3v) is 5.50. The Balaban J connectivity index is 1.71. The lowest BCUT2D eigenvalue weighted by atomic mass is 10.0. The minimum absolute atomic E-state index is 0.712. The van der Waals surface area contributed by atoms with E-state index in [0.717, 1.165) is 50.6 Å². The Hall–Kier alpha value is -3.80. The number of fused-ring (bicyclic) bond motifs is 3. The molecule has 0 aliphatic carbocycles. The van der Waals surface area contributed by atoms with Crippen LogP contribution in [0.25, 0.3) is 22.0 Å². The maximum Gasteiger partial charge on any atom is 0.124 e. The quantitative estimate of drug-likeness (QED) is 0.489. The van der Waals surface area contributed by atoms with Gasteiger partial charge in [-0.1, -0.05) is 12.1 Å². The van der Waals surface area contributed by atoms with Crippen molar-refractivity contribution in [2.24, 2.45) is 0 Å². The van der Waals surface area contributed by atoms with Crippen molar-refractivity contribution in [2.75, 3.05) is 37.7 Å². The van der Waals surface area contributed by atoms with Crippen molar-refractivity contribution in [3.63, 3.8) is 0 Å². The lowest BCUT2D eigenvalue weighted by molar-refractivity contribution is 0.394. The van der Waals surface area contributed by atoms with Crippen LogP contribution in [0.2, 0.25) is 0 Å². The molecule has 2 aromatic heterocycles. The Morgan fingerprint density at radius 1 is 0.900 bits per heavy atom. The zero-order valence-electron chi connectivity index (χ0n) is 17.2. The molecule has 3 heterocycles. The molecule has 0 atom stereocenters. The highest BCUT2D eigenvalue weighted by molar-refractivity contribution is 6.04. The normalized spacial score (nSPS) is 12.9. The SMILES string of the molecule is COc1cc(OC)cc(N2CN(C)c3cnc4ccc(-c5cccnc5)cc4c32)c1. The molecule has 0 saturated carbocycles. The van der Waals surface area contributed by atoms with Crippen LogP contribution in [0.4, 0.5) is 17.1 Å². The summed E-state index contributed by atoms with van der Waals surface area (Å²) in [6.07, 6.45) is 5.62. The van der Waals surface area contributed by atoms with Gasteiger partial charge in [0.2, 0.25) is 0 Å². The number of rotatable bonds is 4. The van der Waals surface area contributed by atoms with E-state index in [1.54, 1.807) is 20.4 Å². The van der Waals surface area contributed by atoms with Gasteiger partial charge >= 0.3 is 0 Å². The van der Waals surface area contributed by atoms with Crippen molar-refractivity contribution in [3.05, 3.63) is 67.1 Å². The van der Waals surface area contributed by atoms with Crippen molar-refractivity contribution >= 4 is 28.0 Å². The van der Waals surface area contributed by atoms with Crippen LogP contribution in [0.15, 0.2) is 67.1 Å². The van der Waals surface area contributed by atoms with Gasteiger partial charge in [0.15, 0.2) is 0 Å². The van der Waals surface area contributed by atoms with Crippen LogP contribution >= 0.6 is 0 Å². The van der Waals surface area contributed by atoms with Crippen LogP contribution < -0.4 is 19.3 Å². The second kappa shape index (κ2) is 7.22. The van der Waals surface area contributed by atoms with Crippen LogP contribution in [-0.4, -0.2) is 37.9 Å². The Kier molecular flexibility index (Phi) is 4.39. The highest BCUT2D eigenvalue weighted by Gasteiger charge is 2.28. The molecule has 0 N–H and O–H groups in total. The minimum Gasteiger partial charge on any atom is -0.497 e. The summed E-state index contributed by atoms with van der Waals surface area (Å²) in [5.41, 5.74) is 6.38. The number of aromatic nitrogens is 2. The molecule has 30 heavy (non-hydrogen) atoms. The van der Waals surface area contributed by atoms with Crippen molar-refractivity contribution in [1.29, 1.82) is 0 Å². The van der Waals surface area contributed by atoms with Crippen molar-refractivity contribution in [2.45, 2.75) is 0 Å². The van der Waals surface area contributed by atoms with Gasteiger partial charge in [0.25, 0.3) is 0 Å². The van der Waals surface area contributed by atoms with E-state index in [4.69, 9.17) is 14.5 Å². The summed E-state index contributed by atoms with van der Waals surface area (Å²) >= 11 is 0. The molecule has 0 saturated heterocycles. The fraction of sp³-hybridized carbons (Fsp3) is 0.167. The van der Waals surface area contributed by atoms with Gasteiger partial charge in [-0.05, 0) is 23.8 Å². The maximum absolute atomic E-state index is 5.50. The first-order valence-electron chi connectivity index (χ1n) is 9.73. The predicted molar refractivity (Wildman–Crippen MR) is 120 cm³/mol. The van der Waals surface area contributed by atoms with E-state index in [1.807, 2.05) is 36.7 Å². The van der Waals surface area contributed by atoms with Crippen LogP contribution in [0.5, 0.6) is 11.5 Å². The molecule has 6 nitrogen and oxygen atoms in total. The van der Waals surface area contributed by atoms with E-state index in [9.17, 15) is 0 Å². The van der Waals surface area contributed by atoms with Crippen LogP contribution in [0.1, 0.15) is 0 Å². The average molecular weight is 398 g/mol. The van der Waals surface area contributed by atoms with Gasteiger partial charge in [0.1, 0.15) is 11.5 Å². The first kappa shape index (κ1) is 18.2. The molecule has 2 aromatic carbocycles. The van der Waals surface area contributed by atoms with Gasteiger partial charge in [-0.25, -0.2) is 0 Å². The third kappa shape index (κ3) is 2.97. The molecule has 5 rings (SSSR count). The van der Waals surface area contributed by atoms with Gasteiger partial charge in [0, 0.05) is 48.6 Å². The third-order valence-electron chi connectivity index (χ3n) is 5.50. The van der Waals surface area contributed by atoms with Gasteiger partial charge in [0.05, 0.1) is 49.7 Å². The Labute approximate surface area is 175 Å². The number of hydrogen-bond acceptors (Lipinski definition) is 6. The number of benzene rings is 2. The highest BCUT2D eigenvalue weighted by atomic mass is 16.5. The molecule has 6 heteroatoms. The summed E-state index contributed by atoms with van der Waals surface area (Å²) in [5.74, 6) is 1.52. The topological polar surface area (TPSA) is 50.7 Å². The Bertz CT molecular complexity index is 1200. The van der Waals surface area contributed by atoms with Gasteiger partial charge in [-0.2, -0.15) is 0 Å². The first-order chi connectivity index (χ1) is 14.7. The summed E-state index contributed by atoms with van der Waals surface area (Å²) in [4.78, 5) is 13.4. The molecule has 1 aliphatic heterocycles. The van der Waals surface area contributed by atoms with E-state index in [-0.39, 0.29) is 0 Å². The zero-order valence-corrected chi connectivity index (χ0v) is 17.2. The molecule has 1 aliphatic rings. The van der Waals surface area contributed by atoms with Gasteiger partial charge in [-0.15, -0.1) is 0 Å². The van der Waals surface area contributed by atoms with Crippen LogP contribution in [0, 0.1) is 0 Å². The van der Waals surface area contributed by atoms with E-state index < -0.39 is 0 Å².